The molecule has 0 saturated carbocycles. The van der Waals surface area contributed by atoms with E-state index in [9.17, 15) is 4.79 Å². The predicted molar refractivity (Wildman–Crippen MR) is 62.2 cm³/mol. The highest BCUT2D eigenvalue weighted by Gasteiger charge is 1.93. The van der Waals surface area contributed by atoms with E-state index in [1.807, 2.05) is 36.4 Å². The molecule has 0 aliphatic heterocycles. The van der Waals surface area contributed by atoms with Crippen molar-refractivity contribution in [3.63, 3.8) is 0 Å². The molecule has 0 aromatic heterocycles. The second-order valence-electron chi connectivity index (χ2n) is 3.38. The zero-order valence-electron chi connectivity index (χ0n) is 8.47. The van der Waals surface area contributed by atoms with E-state index in [4.69, 9.17) is 0 Å². The quantitative estimate of drug-likeness (QED) is 0.646. The lowest BCUT2D eigenvalue weighted by Crippen LogP contribution is -1.86. The molecule has 0 N–H and O–H groups in total. The van der Waals surface area contributed by atoms with E-state index in [1.165, 1.54) is 12.3 Å². The van der Waals surface area contributed by atoms with Crippen molar-refractivity contribution >= 4 is 22.9 Å². The van der Waals surface area contributed by atoms with E-state index < -0.39 is 0 Å². The molecule has 2 heteroatoms. The second kappa shape index (κ2) is 4.05. The van der Waals surface area contributed by atoms with Gasteiger partial charge in [0, 0.05) is 13.1 Å². The third kappa shape index (κ3) is 2.29. The summed E-state index contributed by atoms with van der Waals surface area (Å²) >= 11 is 0. The van der Waals surface area contributed by atoms with Crippen LogP contribution in [0.5, 0.6) is 0 Å². The van der Waals surface area contributed by atoms with Crippen molar-refractivity contribution in [2.75, 3.05) is 0 Å². The van der Waals surface area contributed by atoms with Crippen LogP contribution < -0.4 is 0 Å². The second-order valence-corrected chi connectivity index (χ2v) is 3.38. The van der Waals surface area contributed by atoms with Crippen LogP contribution in [-0.2, 0) is 4.79 Å². The average Bonchev–Trinajstić information content (AvgIpc) is 2.26. The highest BCUT2D eigenvalue weighted by Crippen LogP contribution is 2.14. The molecule has 0 aliphatic carbocycles. The van der Waals surface area contributed by atoms with Crippen molar-refractivity contribution in [2.24, 2.45) is 4.99 Å². The maximum absolute atomic E-state index is 10.7. The lowest BCUT2D eigenvalue weighted by molar-refractivity contribution is -0.115. The number of amides is 1. The number of nitrogens with zero attached hydrogens (tertiary/aromatic N) is 1. The minimum atomic E-state index is -0.178. The summed E-state index contributed by atoms with van der Waals surface area (Å²) in [7, 11) is 0. The topological polar surface area (TPSA) is 29.4 Å². The normalized spacial score (nSPS) is 11.0. The van der Waals surface area contributed by atoms with Crippen molar-refractivity contribution in [3.05, 3.63) is 48.0 Å². The maximum Gasteiger partial charge on any atom is 0.242 e. The largest absolute Gasteiger partial charge is 0.273 e. The van der Waals surface area contributed by atoms with Gasteiger partial charge >= 0.3 is 0 Å². The molecule has 0 fully saturated rings. The summed E-state index contributed by atoms with van der Waals surface area (Å²) in [5, 5.41) is 2.35. The minimum absolute atomic E-state index is 0.178. The predicted octanol–water partition coefficient (Wildman–Crippen LogP) is 2.81. The SMILES string of the molecule is CC(=O)N=Cc1ccc2ccccc2c1. The number of carbonyl (C=O) groups is 1. The van der Waals surface area contributed by atoms with Gasteiger partial charge in [0.2, 0.25) is 5.91 Å². The Labute approximate surface area is 88.3 Å². The molecular weight excluding hydrogens is 186 g/mol. The van der Waals surface area contributed by atoms with Gasteiger partial charge in [-0.15, -0.1) is 0 Å². The molecule has 0 heterocycles. The maximum atomic E-state index is 10.7. The fourth-order valence-corrected chi connectivity index (χ4v) is 1.45. The molecule has 0 radical (unpaired) electrons. The van der Waals surface area contributed by atoms with Gasteiger partial charge in [0.15, 0.2) is 0 Å². The lowest BCUT2D eigenvalue weighted by Gasteiger charge is -1.97. The van der Waals surface area contributed by atoms with Crippen molar-refractivity contribution in [3.8, 4) is 0 Å². The van der Waals surface area contributed by atoms with E-state index in [-0.39, 0.29) is 5.91 Å². The van der Waals surface area contributed by atoms with E-state index >= 15 is 0 Å². The zero-order valence-corrected chi connectivity index (χ0v) is 8.47. The van der Waals surface area contributed by atoms with Crippen molar-refractivity contribution in [1.82, 2.24) is 0 Å². The van der Waals surface area contributed by atoms with E-state index in [2.05, 4.69) is 11.1 Å². The van der Waals surface area contributed by atoms with Crippen LogP contribution in [0.4, 0.5) is 0 Å². The lowest BCUT2D eigenvalue weighted by atomic mass is 10.1. The Bertz CT molecular complexity index is 529. The summed E-state index contributed by atoms with van der Waals surface area (Å²) in [6, 6.07) is 14.1. The third-order valence-electron chi connectivity index (χ3n) is 2.17. The molecule has 0 saturated heterocycles. The molecule has 0 spiro atoms. The standard InChI is InChI=1S/C13H11NO/c1-10(15)14-9-11-6-7-12-4-2-3-5-13(12)8-11/h2-9H,1H3. The van der Waals surface area contributed by atoms with Gasteiger partial charge in [0.05, 0.1) is 0 Å². The molecule has 0 unspecified atom stereocenters. The molecule has 2 rings (SSSR count). The molecule has 0 atom stereocenters. The van der Waals surface area contributed by atoms with E-state index in [0.29, 0.717) is 0 Å². The summed E-state index contributed by atoms with van der Waals surface area (Å²) in [6.07, 6.45) is 1.59. The molecule has 2 aromatic carbocycles. The third-order valence-corrected chi connectivity index (χ3v) is 2.17. The smallest absolute Gasteiger partial charge is 0.242 e. The number of fused-ring (bicyclic) bond motifs is 1. The van der Waals surface area contributed by atoms with Crippen LogP contribution in [0.25, 0.3) is 10.8 Å². The summed E-state index contributed by atoms with van der Waals surface area (Å²) in [4.78, 5) is 14.4. The van der Waals surface area contributed by atoms with Crippen LogP contribution >= 0.6 is 0 Å². The highest BCUT2D eigenvalue weighted by molar-refractivity contribution is 5.94. The number of rotatable bonds is 1. The number of hydrogen-bond donors (Lipinski definition) is 0. The summed E-state index contributed by atoms with van der Waals surface area (Å²) in [5.41, 5.74) is 0.948. The summed E-state index contributed by atoms with van der Waals surface area (Å²) in [6.45, 7) is 1.44. The van der Waals surface area contributed by atoms with Gasteiger partial charge in [-0.05, 0) is 22.4 Å². The van der Waals surface area contributed by atoms with Crippen molar-refractivity contribution < 1.29 is 4.79 Å². The first-order valence-electron chi connectivity index (χ1n) is 4.79. The molecule has 74 valence electrons. The number of aliphatic imine (C=N–C) groups is 1. The highest BCUT2D eigenvalue weighted by atomic mass is 16.1. The average molecular weight is 197 g/mol. The van der Waals surface area contributed by atoms with Crippen LogP contribution in [-0.4, -0.2) is 12.1 Å². The van der Waals surface area contributed by atoms with E-state index in [1.54, 1.807) is 6.21 Å². The Morgan fingerprint density at radius 1 is 1.13 bits per heavy atom. The van der Waals surface area contributed by atoms with Crippen LogP contribution in [0.2, 0.25) is 0 Å². The molecule has 0 bridgehead atoms. The van der Waals surface area contributed by atoms with Crippen LogP contribution in [0.15, 0.2) is 47.5 Å². The van der Waals surface area contributed by atoms with Gasteiger partial charge < -0.3 is 0 Å². The van der Waals surface area contributed by atoms with Gasteiger partial charge in [0.25, 0.3) is 0 Å². The van der Waals surface area contributed by atoms with Gasteiger partial charge in [-0.3, -0.25) is 4.79 Å². The van der Waals surface area contributed by atoms with Gasteiger partial charge in [-0.25, -0.2) is 4.99 Å². The zero-order chi connectivity index (χ0) is 10.7. The minimum Gasteiger partial charge on any atom is -0.273 e. The first-order valence-corrected chi connectivity index (χ1v) is 4.79. The first kappa shape index (κ1) is 9.59. The Balaban J connectivity index is 2.43. The molecular formula is C13H11NO. The molecule has 0 aliphatic rings. The fourth-order valence-electron chi connectivity index (χ4n) is 1.45. The first-order chi connectivity index (χ1) is 7.25. The van der Waals surface area contributed by atoms with Crippen molar-refractivity contribution in [2.45, 2.75) is 6.92 Å². The number of benzene rings is 2. The molecule has 1 amide bonds. The number of carbonyl (C=O) groups excluding carboxylic acids is 1. The number of hydrogen-bond acceptors (Lipinski definition) is 1. The molecule has 2 aromatic rings. The van der Waals surface area contributed by atoms with Gasteiger partial charge in [-0.1, -0.05) is 36.4 Å². The van der Waals surface area contributed by atoms with Gasteiger partial charge in [-0.2, -0.15) is 0 Å². The Kier molecular flexibility index (Phi) is 2.59. The fraction of sp³-hybridized carbons (Fsp3) is 0.0769. The summed E-state index contributed by atoms with van der Waals surface area (Å²) in [5.74, 6) is -0.178. The Morgan fingerprint density at radius 3 is 2.60 bits per heavy atom. The Hall–Kier alpha value is -1.96. The van der Waals surface area contributed by atoms with Crippen LogP contribution in [0.1, 0.15) is 12.5 Å². The van der Waals surface area contributed by atoms with E-state index in [0.717, 1.165) is 10.9 Å². The summed E-state index contributed by atoms with van der Waals surface area (Å²) < 4.78 is 0. The Morgan fingerprint density at radius 2 is 1.87 bits per heavy atom. The van der Waals surface area contributed by atoms with Crippen LogP contribution in [0, 0.1) is 0 Å². The van der Waals surface area contributed by atoms with Crippen LogP contribution in [0.3, 0.4) is 0 Å². The molecule has 15 heavy (non-hydrogen) atoms. The van der Waals surface area contributed by atoms with Gasteiger partial charge in [0.1, 0.15) is 0 Å². The monoisotopic (exact) mass is 197 g/mol. The molecule has 2 nitrogen and oxygen atoms in total. The van der Waals surface area contributed by atoms with Crippen molar-refractivity contribution in [1.29, 1.82) is 0 Å².